The number of aliphatic carboxylic acids is 1. The fourth-order valence-corrected chi connectivity index (χ4v) is 5.21. The molecule has 0 spiro atoms. The minimum Gasteiger partial charge on any atom is -0.508 e. The van der Waals surface area contributed by atoms with Crippen molar-refractivity contribution >= 4 is 59.2 Å². The van der Waals surface area contributed by atoms with Crippen LogP contribution in [-0.2, 0) is 49.6 Å². The minimum absolute atomic E-state index is 0.0289. The molecule has 0 radical (unpaired) electrons. The summed E-state index contributed by atoms with van der Waals surface area (Å²) >= 11 is 0. The third kappa shape index (κ3) is 18.9. The minimum atomic E-state index is -1.71. The molecular formula is C34H54N12O12. The quantitative estimate of drug-likeness (QED) is 0.0223. The van der Waals surface area contributed by atoms with E-state index >= 15 is 0 Å². The second kappa shape index (κ2) is 24.8. The van der Waals surface area contributed by atoms with E-state index in [4.69, 9.17) is 33.8 Å². The van der Waals surface area contributed by atoms with Crippen molar-refractivity contribution in [2.45, 2.75) is 101 Å². The standard InChI is InChI=1S/C34H54N12O12/c1-16(47)27(46-32(57)23(40-2)15-26(51)52)33(58)44-19(4-3-13-41-34(38)39)29(54)42-20(9-11-24(35)49)30(55)43-21(10-12-25(36)50)31(56)45-22(28(37)53)14-17-5-7-18(48)8-6-17/h5-8,16,19-23,27,40,47-48H,3-4,9-15H2,1-2H3,(H2,35,49)(H2,36,50)(H2,37,53)(H,42,54)(H,43,55)(H,44,58)(H,45,56)(H,46,57)(H,51,52)(H4,38,39,41)/t16-,19+,20+,21+,22+,23+,27+/m1/s1. The Hall–Kier alpha value is -6.56. The number of nitrogens with one attached hydrogen (secondary N) is 6. The third-order valence-corrected chi connectivity index (χ3v) is 8.35. The summed E-state index contributed by atoms with van der Waals surface area (Å²) in [4.78, 5) is 118. The number of guanidine groups is 1. The third-order valence-electron chi connectivity index (χ3n) is 8.35. The maximum atomic E-state index is 13.8. The zero-order valence-corrected chi connectivity index (χ0v) is 32.1. The van der Waals surface area contributed by atoms with Crippen molar-refractivity contribution in [3.05, 3.63) is 29.8 Å². The first-order chi connectivity index (χ1) is 27.1. The molecular weight excluding hydrogens is 768 g/mol. The molecule has 0 fully saturated rings. The van der Waals surface area contributed by atoms with Crippen molar-refractivity contribution in [2.75, 3.05) is 13.6 Å². The van der Waals surface area contributed by atoms with Crippen molar-refractivity contribution in [1.29, 1.82) is 0 Å². The summed E-state index contributed by atoms with van der Waals surface area (Å²) in [6.45, 7) is 1.12. The van der Waals surface area contributed by atoms with Gasteiger partial charge in [-0.15, -0.1) is 0 Å². The number of aliphatic hydroxyl groups is 1. The topological polar surface area (TPSA) is 429 Å². The monoisotopic (exact) mass is 822 g/mol. The molecule has 0 saturated heterocycles. The van der Waals surface area contributed by atoms with Crippen molar-refractivity contribution in [3.8, 4) is 5.75 Å². The fraction of sp³-hybridized carbons (Fsp3) is 0.529. The number of carboxylic acids is 1. The van der Waals surface area contributed by atoms with Gasteiger partial charge < -0.3 is 75.9 Å². The molecule has 0 unspecified atom stereocenters. The van der Waals surface area contributed by atoms with E-state index in [1.165, 1.54) is 31.3 Å². The molecule has 24 heteroatoms. The van der Waals surface area contributed by atoms with Crippen LogP contribution in [0.5, 0.6) is 5.75 Å². The molecule has 0 bridgehead atoms. The Labute approximate surface area is 332 Å². The number of carboxylic acid groups (broad SMARTS) is 1. The number of phenols is 1. The number of phenolic OH excluding ortho intramolecular Hbond substituents is 1. The summed E-state index contributed by atoms with van der Waals surface area (Å²) < 4.78 is 0. The summed E-state index contributed by atoms with van der Waals surface area (Å²) in [7, 11) is 1.30. The number of carbonyl (C=O) groups is 9. The van der Waals surface area contributed by atoms with Crippen LogP contribution in [0.15, 0.2) is 29.3 Å². The van der Waals surface area contributed by atoms with Gasteiger partial charge in [-0.25, -0.2) is 0 Å². The second-order valence-electron chi connectivity index (χ2n) is 13.1. The number of amides is 8. The largest absolute Gasteiger partial charge is 0.508 e. The lowest BCUT2D eigenvalue weighted by Crippen LogP contribution is -2.61. The van der Waals surface area contributed by atoms with Gasteiger partial charge in [-0.3, -0.25) is 48.1 Å². The maximum Gasteiger partial charge on any atom is 0.305 e. The summed E-state index contributed by atoms with van der Waals surface area (Å²) in [6.07, 6.45) is -4.20. The molecule has 58 heavy (non-hydrogen) atoms. The van der Waals surface area contributed by atoms with Crippen LogP contribution in [-0.4, -0.2) is 130 Å². The summed E-state index contributed by atoms with van der Waals surface area (Å²) in [5.41, 5.74) is 27.3. The Morgan fingerprint density at radius 2 is 1.10 bits per heavy atom. The van der Waals surface area contributed by atoms with Crippen LogP contribution >= 0.6 is 0 Å². The van der Waals surface area contributed by atoms with E-state index in [0.717, 1.165) is 6.92 Å². The predicted molar refractivity (Wildman–Crippen MR) is 204 cm³/mol. The van der Waals surface area contributed by atoms with Gasteiger partial charge in [0.15, 0.2) is 5.96 Å². The number of rotatable bonds is 27. The highest BCUT2D eigenvalue weighted by Crippen LogP contribution is 2.12. The van der Waals surface area contributed by atoms with E-state index in [9.17, 15) is 53.4 Å². The number of aliphatic imine (C=N–C) groups is 1. The van der Waals surface area contributed by atoms with Crippen LogP contribution in [0.1, 0.15) is 57.4 Å². The molecule has 0 aliphatic rings. The van der Waals surface area contributed by atoms with E-state index in [0.29, 0.717) is 5.56 Å². The molecule has 1 rings (SSSR count). The Kier molecular flexibility index (Phi) is 21.2. The highest BCUT2D eigenvalue weighted by atomic mass is 16.4. The number of carbonyl (C=O) groups excluding carboxylic acids is 8. The number of nitrogens with two attached hydrogens (primary N) is 5. The van der Waals surface area contributed by atoms with Gasteiger partial charge in [0.05, 0.1) is 18.6 Å². The molecule has 0 aliphatic carbocycles. The number of aromatic hydroxyl groups is 1. The zero-order valence-electron chi connectivity index (χ0n) is 32.1. The lowest BCUT2D eigenvalue weighted by atomic mass is 10.0. The van der Waals surface area contributed by atoms with Gasteiger partial charge in [0.1, 0.15) is 36.0 Å². The lowest BCUT2D eigenvalue weighted by Gasteiger charge is -2.28. The van der Waals surface area contributed by atoms with Crippen molar-refractivity contribution in [1.82, 2.24) is 31.9 Å². The van der Waals surface area contributed by atoms with Crippen LogP contribution in [0.25, 0.3) is 0 Å². The average Bonchev–Trinajstić information content (AvgIpc) is 3.13. The first kappa shape index (κ1) is 49.5. The number of primary amides is 3. The first-order valence-corrected chi connectivity index (χ1v) is 17.9. The van der Waals surface area contributed by atoms with Gasteiger partial charge in [-0.2, -0.15) is 0 Å². The van der Waals surface area contributed by atoms with E-state index < -0.39 is 121 Å². The number of likely N-dealkylation sites (N-methyl/N-ethyl adjacent to an activating group) is 1. The molecule has 0 heterocycles. The molecule has 8 amide bonds. The first-order valence-electron chi connectivity index (χ1n) is 17.9. The number of benzene rings is 1. The molecule has 24 nitrogen and oxygen atoms in total. The van der Waals surface area contributed by atoms with Crippen LogP contribution in [0.3, 0.4) is 0 Å². The molecule has 0 aromatic heterocycles. The Balaban J connectivity index is 3.40. The highest BCUT2D eigenvalue weighted by Gasteiger charge is 2.34. The Morgan fingerprint density at radius 1 is 0.655 bits per heavy atom. The van der Waals surface area contributed by atoms with Gasteiger partial charge in [-0.1, -0.05) is 12.1 Å². The van der Waals surface area contributed by atoms with E-state index in [1.54, 1.807) is 0 Å². The highest BCUT2D eigenvalue weighted by molar-refractivity contribution is 5.97. The molecule has 1 aromatic rings. The van der Waals surface area contributed by atoms with Crippen LogP contribution in [0, 0.1) is 0 Å². The van der Waals surface area contributed by atoms with Gasteiger partial charge in [-0.05, 0) is 57.4 Å². The second-order valence-corrected chi connectivity index (χ2v) is 13.1. The van der Waals surface area contributed by atoms with Crippen molar-refractivity contribution in [3.63, 3.8) is 0 Å². The van der Waals surface area contributed by atoms with E-state index in [2.05, 4.69) is 36.9 Å². The predicted octanol–water partition coefficient (Wildman–Crippen LogP) is -6.13. The normalized spacial score (nSPS) is 14.4. The molecule has 322 valence electrons. The lowest BCUT2D eigenvalue weighted by molar-refractivity contribution is -0.140. The molecule has 7 atom stereocenters. The van der Waals surface area contributed by atoms with Crippen molar-refractivity contribution in [2.24, 2.45) is 33.7 Å². The van der Waals surface area contributed by atoms with Gasteiger partial charge in [0.25, 0.3) is 0 Å². The number of hydrogen-bond acceptors (Lipinski definition) is 13. The van der Waals surface area contributed by atoms with Gasteiger partial charge >= 0.3 is 5.97 Å². The number of hydrogen-bond donors (Lipinski definition) is 14. The smallest absolute Gasteiger partial charge is 0.305 e. The summed E-state index contributed by atoms with van der Waals surface area (Å²) in [5.74, 6) is -9.47. The van der Waals surface area contributed by atoms with Crippen molar-refractivity contribution < 1.29 is 58.5 Å². The van der Waals surface area contributed by atoms with E-state index in [1.807, 2.05) is 0 Å². The van der Waals surface area contributed by atoms with Crippen LogP contribution in [0.2, 0.25) is 0 Å². The molecule has 19 N–H and O–H groups in total. The van der Waals surface area contributed by atoms with Gasteiger partial charge in [0, 0.05) is 25.8 Å². The number of aliphatic hydroxyl groups excluding tert-OH is 1. The average molecular weight is 823 g/mol. The summed E-state index contributed by atoms with van der Waals surface area (Å²) in [6, 6.07) is -3.37. The molecule has 1 aromatic carbocycles. The zero-order chi connectivity index (χ0) is 44.1. The summed E-state index contributed by atoms with van der Waals surface area (Å²) in [5, 5.41) is 43.3. The fourth-order valence-electron chi connectivity index (χ4n) is 5.21. The number of nitrogens with zero attached hydrogens (tertiary/aromatic N) is 1. The van der Waals surface area contributed by atoms with Gasteiger partial charge in [0.2, 0.25) is 47.3 Å². The van der Waals surface area contributed by atoms with E-state index in [-0.39, 0.29) is 43.9 Å². The van der Waals surface area contributed by atoms with Crippen LogP contribution in [0.4, 0.5) is 0 Å². The Morgan fingerprint density at radius 3 is 1.52 bits per heavy atom. The maximum absolute atomic E-state index is 13.8. The van der Waals surface area contributed by atoms with Crippen LogP contribution < -0.4 is 60.6 Å². The Bertz CT molecular complexity index is 1650. The molecule has 0 aliphatic heterocycles. The SMILES string of the molecule is CN[C@@H](CC(=O)O)C(=O)N[C@H](C(=O)N[C@@H](CCCN=C(N)N)C(=O)N[C@@H](CCC(N)=O)C(=O)N[C@@H](CCC(N)=O)C(=O)N[C@@H](Cc1ccc(O)cc1)C(N)=O)[C@@H](C)O. The molecule has 0 saturated carbocycles.